The number of hydrogen-bond acceptors (Lipinski definition) is 0. The fourth-order valence-corrected chi connectivity index (χ4v) is 5.46. The van der Waals surface area contributed by atoms with Crippen molar-refractivity contribution in [2.45, 2.75) is 65.2 Å². The van der Waals surface area contributed by atoms with Crippen LogP contribution < -0.4 is 0 Å². The summed E-state index contributed by atoms with van der Waals surface area (Å²) in [5, 5.41) is 5.07. The van der Waals surface area contributed by atoms with Crippen molar-refractivity contribution in [2.24, 2.45) is 0 Å². The van der Waals surface area contributed by atoms with Crippen LogP contribution in [-0.2, 0) is 41.5 Å². The van der Waals surface area contributed by atoms with Gasteiger partial charge in [0.1, 0.15) is 0 Å². The van der Waals surface area contributed by atoms with E-state index in [2.05, 4.69) is 143 Å². The van der Waals surface area contributed by atoms with Gasteiger partial charge in [-0.2, -0.15) is 83.9 Å². The molecule has 6 aromatic carbocycles. The minimum absolute atomic E-state index is 0. The van der Waals surface area contributed by atoms with Gasteiger partial charge in [0, 0.05) is 0 Å². The Hall–Kier alpha value is -3.35. The predicted molar refractivity (Wildman–Crippen MR) is 220 cm³/mol. The quantitative estimate of drug-likeness (QED) is 0.135. The zero-order chi connectivity index (χ0) is 34.6. The van der Waals surface area contributed by atoms with Crippen molar-refractivity contribution in [1.82, 2.24) is 0 Å². The average Bonchev–Trinajstić information content (AvgIpc) is 3.81. The Morgan fingerprint density at radius 3 is 1.56 bits per heavy atom. The van der Waals surface area contributed by atoms with Crippen molar-refractivity contribution in [3.63, 3.8) is 0 Å². The molecule has 8 rings (SSSR count). The molecule has 3 heteroatoms. The first kappa shape index (κ1) is 42.8. The number of allylic oxidation sites excluding steroid dienone is 4. The van der Waals surface area contributed by atoms with Crippen LogP contribution in [0.15, 0.2) is 133 Å². The van der Waals surface area contributed by atoms with Crippen LogP contribution in [0.3, 0.4) is 0 Å². The molecule has 0 radical (unpaired) electrons. The molecule has 0 aromatic heterocycles. The zero-order valence-corrected chi connectivity index (χ0v) is 34.2. The molecule has 0 saturated heterocycles. The van der Waals surface area contributed by atoms with Crippen molar-refractivity contribution in [2.75, 3.05) is 0 Å². The second-order valence-electron chi connectivity index (χ2n) is 13.9. The van der Waals surface area contributed by atoms with Crippen LogP contribution in [0.4, 0.5) is 0 Å². The number of rotatable bonds is 0. The molecule has 258 valence electrons. The van der Waals surface area contributed by atoms with E-state index in [9.17, 15) is 0 Å². The van der Waals surface area contributed by atoms with E-state index in [4.69, 9.17) is 0 Å². The molecule has 0 saturated carbocycles. The Balaban J connectivity index is 0.000000251. The van der Waals surface area contributed by atoms with Crippen molar-refractivity contribution >= 4 is 50.6 Å². The molecule has 0 N–H and O–H groups in total. The molecule has 2 aliphatic rings. The molecule has 0 bridgehead atoms. The summed E-state index contributed by atoms with van der Waals surface area (Å²) in [5.41, 5.74) is 8.76. The molecule has 0 amide bonds. The zero-order valence-electron chi connectivity index (χ0n) is 30.1. The fourth-order valence-electron chi connectivity index (χ4n) is 5.46. The second kappa shape index (κ2) is 20.5. The third-order valence-electron chi connectivity index (χ3n) is 8.30. The molecule has 0 aliphatic heterocycles. The summed E-state index contributed by atoms with van der Waals surface area (Å²) in [6.07, 6.45) is 11.0. The fraction of sp³-hybridized carbons (Fsp3) is 0.213. The van der Waals surface area contributed by atoms with Crippen molar-refractivity contribution in [1.29, 1.82) is 0 Å². The molecule has 0 fully saturated rings. The third kappa shape index (κ3) is 12.2. The van der Waals surface area contributed by atoms with E-state index >= 15 is 0 Å². The molecule has 0 unspecified atom stereocenters. The first-order valence-corrected chi connectivity index (χ1v) is 18.3. The van der Waals surface area contributed by atoms with Crippen LogP contribution >= 0.6 is 24.8 Å². The monoisotopic (exact) mass is 772 g/mol. The maximum Gasteiger partial charge on any atom is -0.0648 e. The van der Waals surface area contributed by atoms with Crippen LogP contribution in [0.1, 0.15) is 70.2 Å². The van der Waals surface area contributed by atoms with Gasteiger partial charge in [0.25, 0.3) is 0 Å². The van der Waals surface area contributed by atoms with Crippen LogP contribution in [0.5, 0.6) is 0 Å². The van der Waals surface area contributed by atoms with E-state index in [0.29, 0.717) is 0 Å². The van der Waals surface area contributed by atoms with Crippen LogP contribution in [-0.4, -0.2) is 4.21 Å². The molecule has 2 aliphatic carbocycles. The van der Waals surface area contributed by atoms with Gasteiger partial charge in [-0.15, -0.1) is 70.5 Å². The van der Waals surface area contributed by atoms with Crippen LogP contribution in [0.25, 0.3) is 32.7 Å². The molecule has 0 nitrogen and oxygen atoms in total. The summed E-state index contributed by atoms with van der Waals surface area (Å²) >= 11 is 1.30. The van der Waals surface area contributed by atoms with Crippen LogP contribution in [0, 0.1) is 24.3 Å². The third-order valence-corrected chi connectivity index (χ3v) is 8.30. The van der Waals surface area contributed by atoms with Gasteiger partial charge in [-0.25, -0.2) is 12.2 Å². The topological polar surface area (TPSA) is 0 Å². The molecule has 50 heavy (non-hydrogen) atoms. The summed E-state index contributed by atoms with van der Waals surface area (Å²) in [6, 6.07) is 49.7. The van der Waals surface area contributed by atoms with Gasteiger partial charge >= 0.3 is 28.4 Å². The van der Waals surface area contributed by atoms with E-state index in [1.807, 2.05) is 60.7 Å². The van der Waals surface area contributed by atoms with E-state index in [0.717, 1.165) is 12.8 Å². The summed E-state index contributed by atoms with van der Waals surface area (Å²) in [5.74, 6) is 0. The predicted octanol–water partition coefficient (Wildman–Crippen LogP) is 13.0. The summed E-state index contributed by atoms with van der Waals surface area (Å²) in [7, 11) is 0. The SMILES string of the molecule is CC(C)(C)c1c[c-]c2c(c1)-c1cc(C(C)(C)C)ccc1C2.Cl.Cl.[C-]1=CC=CC1.[CH2]=[Zr].[c-]1ccc2ccccc2c1.[c-]1ccc2ccccc2c1. The first-order valence-electron chi connectivity index (χ1n) is 16.6. The molecule has 0 atom stereocenters. The minimum atomic E-state index is 0. The Bertz CT molecular complexity index is 1720. The number of fused-ring (bicyclic) bond motifs is 5. The minimum Gasteiger partial charge on any atom is -0.183 e. The molecule has 6 aromatic rings. The first-order chi connectivity index (χ1) is 23.1. The summed E-state index contributed by atoms with van der Waals surface area (Å²) in [4.78, 5) is 0. The smallest absolute Gasteiger partial charge is 0.0648 e. The number of benzene rings is 6. The molecule has 0 spiro atoms. The molecule has 0 heterocycles. The van der Waals surface area contributed by atoms with E-state index in [-0.39, 0.29) is 35.6 Å². The Morgan fingerprint density at radius 1 is 0.600 bits per heavy atom. The average molecular weight is 775 g/mol. The standard InChI is InChI=1S/C21H25.2C10H7.C5H5.CH2.2ClH.Zr/c1-20(2,3)16-9-7-14-11-15-8-10-17(21(4,5)6)13-19(15)18(14)12-16;2*1-2-6-10-8-4-3-7-9(10)5-1;1-2-4-5-3-1;;;;/h7,9-10,12-13H,11H2,1-6H3;2*1-3,5-8H;1-3H,4H2;1H2;2*1H;/q4*-1;;;;. The van der Waals surface area contributed by atoms with E-state index in [1.54, 1.807) is 0 Å². The number of hydrogen-bond donors (Lipinski definition) is 0. The van der Waals surface area contributed by atoms with Gasteiger partial charge in [0.2, 0.25) is 0 Å². The van der Waals surface area contributed by atoms with Gasteiger partial charge in [-0.3, -0.25) is 6.08 Å². The van der Waals surface area contributed by atoms with Gasteiger partial charge in [0.15, 0.2) is 0 Å². The number of halogens is 2. The van der Waals surface area contributed by atoms with Gasteiger partial charge < -0.3 is 0 Å². The Labute approximate surface area is 328 Å². The van der Waals surface area contributed by atoms with Gasteiger partial charge in [0.05, 0.1) is 0 Å². The van der Waals surface area contributed by atoms with Crippen LogP contribution in [0.2, 0.25) is 0 Å². The second-order valence-corrected chi connectivity index (χ2v) is 13.9. The summed E-state index contributed by atoms with van der Waals surface area (Å²) < 4.78 is 3.34. The molecular formula is C47H48Cl2Zr-4. The van der Waals surface area contributed by atoms with E-state index < -0.39 is 0 Å². The van der Waals surface area contributed by atoms with Crippen molar-refractivity contribution in [3.8, 4) is 11.1 Å². The van der Waals surface area contributed by atoms with E-state index in [1.165, 1.54) is 79.2 Å². The Morgan fingerprint density at radius 2 is 1.12 bits per heavy atom. The largest absolute Gasteiger partial charge is 0.183 e. The maximum atomic E-state index is 3.53. The normalized spacial score (nSPS) is 11.7. The summed E-state index contributed by atoms with van der Waals surface area (Å²) in [6.45, 7) is 13.6. The van der Waals surface area contributed by atoms with Gasteiger partial charge in [-0.05, 0) is 17.4 Å². The van der Waals surface area contributed by atoms with Crippen molar-refractivity contribution < 1.29 is 24.2 Å². The van der Waals surface area contributed by atoms with Gasteiger partial charge in [-0.1, -0.05) is 113 Å². The van der Waals surface area contributed by atoms with Crippen molar-refractivity contribution in [3.05, 3.63) is 180 Å². The maximum absolute atomic E-state index is 3.53. The molecular weight excluding hydrogens is 727 g/mol. The Kier molecular flexibility index (Phi) is 17.5.